The fraction of sp³-hybridized carbons (Fsp3) is 0.500. The molecule has 0 unspecified atom stereocenters. The zero-order chi connectivity index (χ0) is 16.4. The highest BCUT2D eigenvalue weighted by atomic mass is 31.1. The summed E-state index contributed by atoms with van der Waals surface area (Å²) in [7, 11) is 12.3. The summed E-state index contributed by atoms with van der Waals surface area (Å²) in [5.41, 5.74) is 3.43. The predicted molar refractivity (Wildman–Crippen MR) is 95.9 cm³/mol. The number of anilines is 2. The van der Waals surface area contributed by atoms with Crippen molar-refractivity contribution in [2.75, 3.05) is 58.6 Å². The molecule has 2 aromatic rings. The molecule has 0 saturated heterocycles. The van der Waals surface area contributed by atoms with Crippen molar-refractivity contribution in [3.05, 3.63) is 23.8 Å². The number of hydrogen-bond acceptors (Lipinski definition) is 4. The van der Waals surface area contributed by atoms with Gasteiger partial charge in [0.2, 0.25) is 0 Å². The first-order chi connectivity index (χ1) is 10.4. The summed E-state index contributed by atoms with van der Waals surface area (Å²) >= 11 is 0. The third-order valence-corrected chi connectivity index (χ3v) is 4.39. The molecule has 0 aliphatic carbocycles. The average molecular weight is 320 g/mol. The zero-order valence-corrected chi connectivity index (χ0v) is 15.2. The summed E-state index contributed by atoms with van der Waals surface area (Å²) in [6.07, 6.45) is 0.921. The Morgan fingerprint density at radius 2 is 1.73 bits per heavy atom. The van der Waals surface area contributed by atoms with Crippen molar-refractivity contribution in [1.82, 2.24) is 9.24 Å². The van der Waals surface area contributed by atoms with Crippen LogP contribution in [-0.4, -0.2) is 58.1 Å². The van der Waals surface area contributed by atoms with E-state index in [1.165, 1.54) is 10.9 Å². The molecular formula is C16H25N4OP. The van der Waals surface area contributed by atoms with Crippen LogP contribution in [0.1, 0.15) is 5.56 Å². The largest absolute Gasteiger partial charge is 0.377 e. The molecule has 0 radical (unpaired) electrons. The number of likely N-dealkylation sites (N-methyl/N-ethyl adjacent to an activating group) is 1. The second-order valence-electron chi connectivity index (χ2n) is 6.21. The second kappa shape index (κ2) is 6.67. The number of hydrogen-bond donors (Lipinski definition) is 0. The lowest BCUT2D eigenvalue weighted by atomic mass is 10.1. The van der Waals surface area contributed by atoms with Gasteiger partial charge in [0.15, 0.2) is 0 Å². The first-order valence-corrected chi connectivity index (χ1v) is 8.14. The van der Waals surface area contributed by atoms with Gasteiger partial charge in [0.25, 0.3) is 8.61 Å². The lowest BCUT2D eigenvalue weighted by Crippen LogP contribution is -2.18. The summed E-state index contributed by atoms with van der Waals surface area (Å²) in [4.78, 5) is 6.35. The Bertz CT molecular complexity index is 676. The first kappa shape index (κ1) is 16.8. The number of rotatable bonds is 6. The van der Waals surface area contributed by atoms with E-state index < -0.39 is 0 Å². The SMILES string of the molecule is CN(C)CCc1c(N(C)C)n(P=O)c2cccc(N(C)C)c12. The van der Waals surface area contributed by atoms with Gasteiger partial charge in [-0.1, -0.05) is 6.07 Å². The summed E-state index contributed by atoms with van der Waals surface area (Å²) < 4.78 is 13.6. The second-order valence-corrected chi connectivity index (χ2v) is 6.77. The number of nitrogens with zero attached hydrogens (tertiary/aromatic N) is 4. The maximum absolute atomic E-state index is 11.8. The van der Waals surface area contributed by atoms with E-state index in [0.717, 1.165) is 30.0 Å². The van der Waals surface area contributed by atoms with E-state index in [1.807, 2.05) is 44.7 Å². The van der Waals surface area contributed by atoms with Gasteiger partial charge in [-0.3, -0.25) is 0 Å². The molecule has 0 spiro atoms. The van der Waals surface area contributed by atoms with Crippen molar-refractivity contribution >= 4 is 31.0 Å². The van der Waals surface area contributed by atoms with Crippen molar-refractivity contribution in [1.29, 1.82) is 0 Å². The first-order valence-electron chi connectivity index (χ1n) is 7.37. The summed E-state index contributed by atoms with van der Waals surface area (Å²) in [5, 5.41) is 1.20. The van der Waals surface area contributed by atoms with Crippen LogP contribution in [-0.2, 0) is 11.0 Å². The molecule has 5 nitrogen and oxygen atoms in total. The van der Waals surface area contributed by atoms with Gasteiger partial charge >= 0.3 is 0 Å². The van der Waals surface area contributed by atoms with Crippen molar-refractivity contribution in [2.24, 2.45) is 0 Å². The Morgan fingerprint density at radius 3 is 2.23 bits per heavy atom. The molecule has 22 heavy (non-hydrogen) atoms. The van der Waals surface area contributed by atoms with E-state index in [9.17, 15) is 4.57 Å². The number of benzene rings is 1. The lowest BCUT2D eigenvalue weighted by molar-refractivity contribution is 0.414. The molecular weight excluding hydrogens is 295 g/mol. The molecule has 1 aromatic heterocycles. The van der Waals surface area contributed by atoms with Crippen LogP contribution >= 0.6 is 8.61 Å². The van der Waals surface area contributed by atoms with Crippen LogP contribution in [0.2, 0.25) is 0 Å². The van der Waals surface area contributed by atoms with Crippen LogP contribution in [0.5, 0.6) is 0 Å². The average Bonchev–Trinajstić information content (AvgIpc) is 2.78. The molecule has 0 aliphatic heterocycles. The smallest absolute Gasteiger partial charge is 0.288 e. The Labute approximate surface area is 134 Å². The van der Waals surface area contributed by atoms with Crippen LogP contribution in [0.25, 0.3) is 10.9 Å². The summed E-state index contributed by atoms with van der Waals surface area (Å²) in [6.45, 7) is 0.956. The maximum Gasteiger partial charge on any atom is 0.288 e. The van der Waals surface area contributed by atoms with Gasteiger partial charge in [0.05, 0.1) is 5.52 Å². The minimum absolute atomic E-state index is 0.000160. The minimum Gasteiger partial charge on any atom is -0.377 e. The van der Waals surface area contributed by atoms with Crippen molar-refractivity contribution in [2.45, 2.75) is 6.42 Å². The van der Waals surface area contributed by atoms with Gasteiger partial charge in [-0.25, -0.2) is 8.90 Å². The molecule has 1 heterocycles. The van der Waals surface area contributed by atoms with E-state index in [1.54, 1.807) is 0 Å². The predicted octanol–water partition coefficient (Wildman–Crippen LogP) is 2.93. The molecule has 2 rings (SSSR count). The highest BCUT2D eigenvalue weighted by Gasteiger charge is 2.21. The molecule has 6 heteroatoms. The van der Waals surface area contributed by atoms with Crippen molar-refractivity contribution < 1.29 is 4.57 Å². The summed E-state index contributed by atoms with van der Waals surface area (Å²) in [5.74, 6) is 1.02. The van der Waals surface area contributed by atoms with E-state index in [2.05, 4.69) is 34.9 Å². The normalized spacial score (nSPS) is 11.6. The topological polar surface area (TPSA) is 31.7 Å². The quantitative estimate of drug-likeness (QED) is 0.766. The van der Waals surface area contributed by atoms with Crippen LogP contribution in [0.3, 0.4) is 0 Å². The highest BCUT2D eigenvalue weighted by Crippen LogP contribution is 2.40. The molecule has 120 valence electrons. The third kappa shape index (κ3) is 2.96. The molecule has 0 bridgehead atoms. The van der Waals surface area contributed by atoms with E-state index in [0.29, 0.717) is 0 Å². The Hall–Kier alpha value is -1.58. The highest BCUT2D eigenvalue weighted by molar-refractivity contribution is 7.22. The van der Waals surface area contributed by atoms with Crippen molar-refractivity contribution in [3.63, 3.8) is 0 Å². The fourth-order valence-corrected chi connectivity index (χ4v) is 3.49. The third-order valence-electron chi connectivity index (χ3n) is 3.82. The van der Waals surface area contributed by atoms with Gasteiger partial charge in [0, 0.05) is 51.4 Å². The van der Waals surface area contributed by atoms with E-state index >= 15 is 0 Å². The Kier molecular flexibility index (Phi) is 5.09. The molecule has 0 atom stereocenters. The van der Waals surface area contributed by atoms with Gasteiger partial charge in [-0.15, -0.1) is 0 Å². The van der Waals surface area contributed by atoms with Gasteiger partial charge in [0.1, 0.15) is 5.82 Å². The van der Waals surface area contributed by atoms with Gasteiger partial charge in [-0.05, 0) is 32.6 Å². The Balaban J connectivity index is 2.80. The monoisotopic (exact) mass is 320 g/mol. The molecule has 0 fully saturated rings. The van der Waals surface area contributed by atoms with Crippen LogP contribution < -0.4 is 9.80 Å². The molecule has 0 saturated carbocycles. The van der Waals surface area contributed by atoms with Gasteiger partial charge in [-0.2, -0.15) is 0 Å². The van der Waals surface area contributed by atoms with E-state index in [4.69, 9.17) is 0 Å². The maximum atomic E-state index is 11.8. The minimum atomic E-state index is -0.000160. The lowest BCUT2D eigenvalue weighted by Gasteiger charge is -2.18. The fourth-order valence-electron chi connectivity index (χ4n) is 2.85. The Morgan fingerprint density at radius 1 is 1.05 bits per heavy atom. The molecule has 0 aliphatic rings. The molecule has 1 aromatic carbocycles. The van der Waals surface area contributed by atoms with Crippen LogP contribution in [0, 0.1) is 0 Å². The summed E-state index contributed by atoms with van der Waals surface area (Å²) in [6, 6.07) is 6.18. The standard InChI is InChI=1S/C16H25N4OP/c1-17(2)11-10-12-15-13(18(3)4)8-7-9-14(15)20(22-21)16(12)19(5)6/h7-9H,10-11H2,1-6H3. The van der Waals surface area contributed by atoms with E-state index in [-0.39, 0.29) is 8.61 Å². The van der Waals surface area contributed by atoms with Crippen LogP contribution in [0.4, 0.5) is 11.5 Å². The molecule has 0 amide bonds. The van der Waals surface area contributed by atoms with Gasteiger partial charge < -0.3 is 14.7 Å². The number of fused-ring (bicyclic) bond motifs is 1. The number of aromatic nitrogens is 1. The zero-order valence-electron chi connectivity index (χ0n) is 14.3. The molecule has 0 N–H and O–H groups in total. The van der Waals surface area contributed by atoms with Crippen LogP contribution in [0.15, 0.2) is 18.2 Å². The van der Waals surface area contributed by atoms with Crippen molar-refractivity contribution in [3.8, 4) is 0 Å².